The number of primary amides is 1. The molecule has 3 N–H and O–H groups in total. The predicted molar refractivity (Wildman–Crippen MR) is 70.4 cm³/mol. The highest BCUT2D eigenvalue weighted by molar-refractivity contribution is 6.13. The highest BCUT2D eigenvalue weighted by Gasteiger charge is 2.29. The zero-order valence-electron chi connectivity index (χ0n) is 10.8. The minimum absolute atomic E-state index is 0.195. The van der Waals surface area contributed by atoms with Gasteiger partial charge in [-0.05, 0) is 23.8 Å². The number of urea groups is 1. The third-order valence-corrected chi connectivity index (χ3v) is 2.65. The van der Waals surface area contributed by atoms with Crippen molar-refractivity contribution < 1.29 is 19.1 Å². The van der Waals surface area contributed by atoms with Crippen LogP contribution in [0.25, 0.3) is 6.08 Å². The molecule has 20 heavy (non-hydrogen) atoms. The number of nitrogens with one attached hydrogen (secondary N) is 1. The van der Waals surface area contributed by atoms with Gasteiger partial charge < -0.3 is 15.8 Å². The van der Waals surface area contributed by atoms with Gasteiger partial charge in [0.2, 0.25) is 0 Å². The molecule has 0 unspecified atom stereocenters. The Bertz CT molecular complexity index is 592. The molecule has 7 heteroatoms. The van der Waals surface area contributed by atoms with Crippen LogP contribution in [-0.2, 0) is 9.59 Å². The topological polar surface area (TPSA) is 102 Å². The number of hydrogen-bond acceptors (Lipinski definition) is 4. The van der Waals surface area contributed by atoms with Crippen LogP contribution in [0.5, 0.6) is 5.75 Å². The molecule has 0 spiro atoms. The summed E-state index contributed by atoms with van der Waals surface area (Å²) in [5.74, 6) is -0.451. The van der Waals surface area contributed by atoms with Gasteiger partial charge in [0.1, 0.15) is 11.4 Å². The highest BCUT2D eigenvalue weighted by atomic mass is 16.5. The Morgan fingerprint density at radius 3 is 2.50 bits per heavy atom. The number of carbonyl (C=O) groups excluding carboxylic acids is 3. The zero-order chi connectivity index (χ0) is 14.7. The van der Waals surface area contributed by atoms with Crippen LogP contribution < -0.4 is 15.8 Å². The number of nitrogens with two attached hydrogens (primary N) is 1. The Hall–Kier alpha value is -2.83. The third kappa shape index (κ3) is 2.94. The van der Waals surface area contributed by atoms with E-state index >= 15 is 0 Å². The number of ether oxygens (including phenoxy) is 1. The predicted octanol–water partition coefficient (Wildman–Crippen LogP) is 0.0732. The number of hydrogen-bond donors (Lipinski definition) is 2. The van der Waals surface area contributed by atoms with Crippen LogP contribution in [0.4, 0.5) is 4.79 Å². The molecule has 104 valence electrons. The van der Waals surface area contributed by atoms with E-state index in [0.717, 1.165) is 10.5 Å². The van der Waals surface area contributed by atoms with Crippen LogP contribution in [0.3, 0.4) is 0 Å². The van der Waals surface area contributed by atoms with Crippen LogP contribution >= 0.6 is 0 Å². The maximum absolute atomic E-state index is 11.7. The fraction of sp³-hybridized carbons (Fsp3) is 0.154. The van der Waals surface area contributed by atoms with Crippen LogP contribution in [0.15, 0.2) is 30.0 Å². The van der Waals surface area contributed by atoms with E-state index in [1.54, 1.807) is 30.3 Å². The highest BCUT2D eigenvalue weighted by Crippen LogP contribution is 2.16. The fourth-order valence-electron chi connectivity index (χ4n) is 1.60. The van der Waals surface area contributed by atoms with Gasteiger partial charge in [0, 0.05) is 7.05 Å². The van der Waals surface area contributed by atoms with Crippen LogP contribution in [0.2, 0.25) is 0 Å². The molecule has 0 saturated carbocycles. The molecule has 1 heterocycles. The molecule has 4 amide bonds. The summed E-state index contributed by atoms with van der Waals surface area (Å²) >= 11 is 0. The van der Waals surface area contributed by atoms with Crippen LogP contribution in [0.1, 0.15) is 5.56 Å². The number of amides is 4. The van der Waals surface area contributed by atoms with Crippen molar-refractivity contribution in [1.29, 1.82) is 0 Å². The monoisotopic (exact) mass is 275 g/mol. The van der Waals surface area contributed by atoms with E-state index in [1.807, 2.05) is 0 Å². The zero-order valence-corrected chi connectivity index (χ0v) is 10.8. The van der Waals surface area contributed by atoms with Crippen molar-refractivity contribution in [1.82, 2.24) is 10.2 Å². The van der Waals surface area contributed by atoms with Crippen molar-refractivity contribution in [2.75, 3.05) is 13.7 Å². The van der Waals surface area contributed by atoms with E-state index in [9.17, 15) is 14.4 Å². The van der Waals surface area contributed by atoms with Crippen molar-refractivity contribution in [2.45, 2.75) is 0 Å². The summed E-state index contributed by atoms with van der Waals surface area (Å²) < 4.78 is 5.11. The molecule has 1 fully saturated rings. The van der Waals surface area contributed by atoms with Crippen molar-refractivity contribution in [2.24, 2.45) is 5.73 Å². The van der Waals surface area contributed by atoms with E-state index in [1.165, 1.54) is 7.05 Å². The molecule has 1 saturated heterocycles. The average molecular weight is 275 g/mol. The summed E-state index contributed by atoms with van der Waals surface area (Å²) in [5.41, 5.74) is 5.89. The van der Waals surface area contributed by atoms with Crippen molar-refractivity contribution >= 4 is 23.9 Å². The molecular formula is C13H13N3O4. The molecule has 1 aliphatic rings. The van der Waals surface area contributed by atoms with Crippen molar-refractivity contribution in [3.8, 4) is 5.75 Å². The number of likely N-dealkylation sites (N-methyl/N-ethyl adjacent to an activating group) is 1. The minimum Gasteiger partial charge on any atom is -0.484 e. The maximum atomic E-state index is 11.7. The average Bonchev–Trinajstić information content (AvgIpc) is 2.65. The third-order valence-electron chi connectivity index (χ3n) is 2.65. The molecule has 1 aliphatic heterocycles. The van der Waals surface area contributed by atoms with E-state index in [0.29, 0.717) is 5.75 Å². The molecular weight excluding hydrogens is 262 g/mol. The van der Waals surface area contributed by atoms with Gasteiger partial charge in [-0.25, -0.2) is 4.79 Å². The molecule has 2 rings (SSSR count). The Morgan fingerprint density at radius 2 is 2.00 bits per heavy atom. The van der Waals surface area contributed by atoms with Gasteiger partial charge in [-0.15, -0.1) is 0 Å². The second-order valence-electron chi connectivity index (χ2n) is 4.18. The number of benzene rings is 1. The lowest BCUT2D eigenvalue weighted by Gasteiger charge is -2.03. The fourth-order valence-corrected chi connectivity index (χ4v) is 1.60. The summed E-state index contributed by atoms with van der Waals surface area (Å²) in [6, 6.07) is 6.21. The molecule has 0 aromatic heterocycles. The number of rotatable bonds is 4. The second-order valence-corrected chi connectivity index (χ2v) is 4.18. The first-order chi connectivity index (χ1) is 9.47. The van der Waals surface area contributed by atoms with Crippen molar-refractivity contribution in [3.05, 3.63) is 35.5 Å². The lowest BCUT2D eigenvalue weighted by atomic mass is 10.2. The van der Waals surface area contributed by atoms with Gasteiger partial charge >= 0.3 is 6.03 Å². The summed E-state index contributed by atoms with van der Waals surface area (Å²) in [6.07, 6.45) is 1.56. The Balaban J connectivity index is 2.09. The van der Waals surface area contributed by atoms with Crippen LogP contribution in [-0.4, -0.2) is 36.4 Å². The van der Waals surface area contributed by atoms with E-state index in [4.69, 9.17) is 10.5 Å². The van der Waals surface area contributed by atoms with Gasteiger partial charge in [-0.1, -0.05) is 12.1 Å². The first-order valence-corrected chi connectivity index (χ1v) is 5.79. The smallest absolute Gasteiger partial charge is 0.328 e. The largest absolute Gasteiger partial charge is 0.484 e. The number of imide groups is 1. The van der Waals surface area contributed by atoms with Gasteiger partial charge in [-0.2, -0.15) is 0 Å². The summed E-state index contributed by atoms with van der Waals surface area (Å²) in [4.78, 5) is 34.5. The molecule has 1 aromatic rings. The molecule has 0 bridgehead atoms. The first-order valence-electron chi connectivity index (χ1n) is 5.79. The summed E-state index contributed by atoms with van der Waals surface area (Å²) in [7, 11) is 1.40. The normalized spacial score (nSPS) is 16.4. The van der Waals surface area contributed by atoms with Gasteiger partial charge in [0.15, 0.2) is 6.61 Å². The molecule has 0 radical (unpaired) electrons. The van der Waals surface area contributed by atoms with E-state index in [-0.39, 0.29) is 18.2 Å². The second kappa shape index (κ2) is 5.43. The number of carbonyl (C=O) groups is 3. The number of nitrogens with zero attached hydrogens (tertiary/aromatic N) is 1. The molecule has 7 nitrogen and oxygen atoms in total. The summed E-state index contributed by atoms with van der Waals surface area (Å²) in [5, 5.41) is 2.46. The maximum Gasteiger partial charge on any atom is 0.328 e. The lowest BCUT2D eigenvalue weighted by Crippen LogP contribution is -2.25. The van der Waals surface area contributed by atoms with E-state index < -0.39 is 11.9 Å². The standard InChI is InChI=1S/C13H13N3O4/c1-16-12(18)10(15-13(16)19)6-8-2-4-9(5-3-8)20-7-11(14)17/h2-6H,7H2,1H3,(H2,14,17)(H,15,19)/b10-6+. The molecule has 0 aliphatic carbocycles. The molecule has 0 atom stereocenters. The van der Waals surface area contributed by atoms with Gasteiger partial charge in [0.25, 0.3) is 11.8 Å². The van der Waals surface area contributed by atoms with E-state index in [2.05, 4.69) is 5.32 Å². The van der Waals surface area contributed by atoms with Crippen LogP contribution in [0, 0.1) is 0 Å². The Kier molecular flexibility index (Phi) is 3.69. The SMILES string of the molecule is CN1C(=O)N/C(=C/c2ccc(OCC(N)=O)cc2)C1=O. The minimum atomic E-state index is -0.557. The Morgan fingerprint density at radius 1 is 1.35 bits per heavy atom. The first kappa shape index (κ1) is 13.6. The van der Waals surface area contributed by atoms with Crippen molar-refractivity contribution in [3.63, 3.8) is 0 Å². The molecule has 1 aromatic carbocycles. The van der Waals surface area contributed by atoms with Gasteiger partial charge in [0.05, 0.1) is 0 Å². The quantitative estimate of drug-likeness (QED) is 0.599. The van der Waals surface area contributed by atoms with Gasteiger partial charge in [-0.3, -0.25) is 14.5 Å². The lowest BCUT2D eigenvalue weighted by molar-refractivity contribution is -0.122. The summed E-state index contributed by atoms with van der Waals surface area (Å²) in [6.45, 7) is -0.195. The Labute approximate surface area is 115 Å².